The van der Waals surface area contributed by atoms with E-state index in [-0.39, 0.29) is 5.97 Å². The van der Waals surface area contributed by atoms with E-state index in [1.165, 1.54) is 18.4 Å². The average Bonchev–Trinajstić information content (AvgIpc) is 2.48. The number of hydrogen-bond donors (Lipinski definition) is 0. The van der Waals surface area contributed by atoms with Gasteiger partial charge in [0.25, 0.3) is 0 Å². The van der Waals surface area contributed by atoms with Gasteiger partial charge in [0.15, 0.2) is 0 Å². The molecule has 0 radical (unpaired) electrons. The number of carbonyl (C=O) groups excluding carboxylic acids is 1. The lowest BCUT2D eigenvalue weighted by atomic mass is 9.74. The van der Waals surface area contributed by atoms with Crippen molar-refractivity contribution in [2.45, 2.75) is 44.9 Å². The number of rotatable bonds is 5. The number of esters is 1. The average molecular weight is 276 g/mol. The molecular formula is C17H24O3. The molecule has 3 nitrogen and oxygen atoms in total. The molecule has 1 fully saturated rings. The van der Waals surface area contributed by atoms with Gasteiger partial charge in [0, 0.05) is 6.42 Å². The Bertz CT molecular complexity index is 442. The van der Waals surface area contributed by atoms with Gasteiger partial charge in [0.1, 0.15) is 5.75 Å². The van der Waals surface area contributed by atoms with Crippen LogP contribution in [0.1, 0.15) is 50.5 Å². The molecule has 1 saturated carbocycles. The Morgan fingerprint density at radius 3 is 2.85 bits per heavy atom. The summed E-state index contributed by atoms with van der Waals surface area (Å²) in [7, 11) is 1.69. The molecule has 0 N–H and O–H groups in total. The zero-order valence-corrected chi connectivity index (χ0v) is 12.4. The third kappa shape index (κ3) is 3.75. The lowest BCUT2D eigenvalue weighted by Crippen LogP contribution is -2.22. The molecule has 0 amide bonds. The molecule has 1 aliphatic carbocycles. The van der Waals surface area contributed by atoms with Crippen molar-refractivity contribution in [2.24, 2.45) is 5.92 Å². The van der Waals surface area contributed by atoms with Crippen LogP contribution in [-0.2, 0) is 9.53 Å². The van der Waals surface area contributed by atoms with E-state index >= 15 is 0 Å². The molecular weight excluding hydrogens is 252 g/mol. The largest absolute Gasteiger partial charge is 0.497 e. The number of ether oxygens (including phenoxy) is 2. The number of methoxy groups -OCH3 is 1. The summed E-state index contributed by atoms with van der Waals surface area (Å²) in [5.41, 5.74) is 1.29. The number of hydrogen-bond acceptors (Lipinski definition) is 3. The zero-order chi connectivity index (χ0) is 14.4. The summed E-state index contributed by atoms with van der Waals surface area (Å²) >= 11 is 0. The highest BCUT2D eigenvalue weighted by molar-refractivity contribution is 5.69. The van der Waals surface area contributed by atoms with Crippen LogP contribution in [0.5, 0.6) is 5.75 Å². The van der Waals surface area contributed by atoms with Crippen molar-refractivity contribution in [3.63, 3.8) is 0 Å². The van der Waals surface area contributed by atoms with Gasteiger partial charge < -0.3 is 9.47 Å². The first-order chi connectivity index (χ1) is 9.74. The maximum Gasteiger partial charge on any atom is 0.306 e. The van der Waals surface area contributed by atoms with Gasteiger partial charge in [-0.1, -0.05) is 25.0 Å². The summed E-state index contributed by atoms with van der Waals surface area (Å²) in [5, 5.41) is 0. The Morgan fingerprint density at radius 2 is 2.10 bits per heavy atom. The van der Waals surface area contributed by atoms with E-state index in [0.717, 1.165) is 18.6 Å². The van der Waals surface area contributed by atoms with Crippen LogP contribution in [0.2, 0.25) is 0 Å². The molecule has 0 bridgehead atoms. The fourth-order valence-corrected chi connectivity index (χ4v) is 3.20. The van der Waals surface area contributed by atoms with Crippen molar-refractivity contribution in [3.8, 4) is 5.75 Å². The van der Waals surface area contributed by atoms with Crippen molar-refractivity contribution in [2.75, 3.05) is 13.7 Å². The third-order valence-corrected chi connectivity index (χ3v) is 4.17. The quantitative estimate of drug-likeness (QED) is 0.765. The van der Waals surface area contributed by atoms with Gasteiger partial charge in [-0.25, -0.2) is 0 Å². The predicted octanol–water partition coefficient (Wildman–Crippen LogP) is 3.92. The SMILES string of the molecule is CCOC(=O)CC1CCCCC1c1cccc(OC)c1. The van der Waals surface area contributed by atoms with Crippen LogP contribution in [0.15, 0.2) is 24.3 Å². The summed E-state index contributed by atoms with van der Waals surface area (Å²) < 4.78 is 10.4. The van der Waals surface area contributed by atoms with E-state index in [1.807, 2.05) is 19.1 Å². The fraction of sp³-hybridized carbons (Fsp3) is 0.588. The van der Waals surface area contributed by atoms with E-state index in [0.29, 0.717) is 24.9 Å². The normalized spacial score (nSPS) is 22.3. The molecule has 3 heteroatoms. The Morgan fingerprint density at radius 1 is 1.30 bits per heavy atom. The lowest BCUT2D eigenvalue weighted by Gasteiger charge is -2.31. The fourth-order valence-electron chi connectivity index (χ4n) is 3.20. The summed E-state index contributed by atoms with van der Waals surface area (Å²) in [6.07, 6.45) is 5.25. The van der Waals surface area contributed by atoms with E-state index in [4.69, 9.17) is 9.47 Å². The molecule has 2 rings (SSSR count). The molecule has 2 atom stereocenters. The van der Waals surface area contributed by atoms with Crippen molar-refractivity contribution in [1.82, 2.24) is 0 Å². The van der Waals surface area contributed by atoms with Crippen molar-refractivity contribution < 1.29 is 14.3 Å². The molecule has 0 saturated heterocycles. The number of benzene rings is 1. The standard InChI is InChI=1S/C17H24O3/c1-3-20-17(18)12-14-7-4-5-10-16(14)13-8-6-9-15(11-13)19-2/h6,8-9,11,14,16H,3-5,7,10,12H2,1-2H3. The summed E-state index contributed by atoms with van der Waals surface area (Å²) in [5.74, 6) is 1.67. The van der Waals surface area contributed by atoms with Gasteiger partial charge in [-0.2, -0.15) is 0 Å². The molecule has 1 aromatic carbocycles. The van der Waals surface area contributed by atoms with E-state index < -0.39 is 0 Å². The minimum Gasteiger partial charge on any atom is -0.497 e. The van der Waals surface area contributed by atoms with Crippen LogP contribution in [-0.4, -0.2) is 19.7 Å². The predicted molar refractivity (Wildman–Crippen MR) is 78.9 cm³/mol. The van der Waals surface area contributed by atoms with Crippen LogP contribution in [0.4, 0.5) is 0 Å². The van der Waals surface area contributed by atoms with Crippen LogP contribution in [0.3, 0.4) is 0 Å². The Balaban J connectivity index is 2.11. The third-order valence-electron chi connectivity index (χ3n) is 4.17. The molecule has 20 heavy (non-hydrogen) atoms. The smallest absolute Gasteiger partial charge is 0.306 e. The lowest BCUT2D eigenvalue weighted by molar-refractivity contribution is -0.144. The monoisotopic (exact) mass is 276 g/mol. The highest BCUT2D eigenvalue weighted by Gasteiger charge is 2.28. The maximum absolute atomic E-state index is 11.8. The first-order valence-electron chi connectivity index (χ1n) is 7.54. The van der Waals surface area contributed by atoms with Crippen LogP contribution in [0, 0.1) is 5.92 Å². The highest BCUT2D eigenvalue weighted by Crippen LogP contribution is 2.40. The maximum atomic E-state index is 11.8. The van der Waals surface area contributed by atoms with Gasteiger partial charge in [-0.05, 0) is 49.3 Å². The minimum absolute atomic E-state index is 0.0627. The van der Waals surface area contributed by atoms with Crippen molar-refractivity contribution in [3.05, 3.63) is 29.8 Å². The van der Waals surface area contributed by atoms with Crippen molar-refractivity contribution in [1.29, 1.82) is 0 Å². The van der Waals surface area contributed by atoms with Gasteiger partial charge in [0.2, 0.25) is 0 Å². The minimum atomic E-state index is -0.0627. The summed E-state index contributed by atoms with van der Waals surface area (Å²) in [6, 6.07) is 8.25. The summed E-state index contributed by atoms with van der Waals surface area (Å²) in [6.45, 7) is 2.33. The topological polar surface area (TPSA) is 35.5 Å². The van der Waals surface area contributed by atoms with Gasteiger partial charge >= 0.3 is 5.97 Å². The first kappa shape index (κ1) is 14.9. The second kappa shape index (κ2) is 7.32. The molecule has 1 aliphatic rings. The Labute approximate surface area is 121 Å². The van der Waals surface area contributed by atoms with Gasteiger partial charge in [-0.15, -0.1) is 0 Å². The van der Waals surface area contributed by atoms with Crippen molar-refractivity contribution >= 4 is 5.97 Å². The van der Waals surface area contributed by atoms with Crippen LogP contribution in [0.25, 0.3) is 0 Å². The Hall–Kier alpha value is -1.51. The first-order valence-corrected chi connectivity index (χ1v) is 7.54. The Kier molecular flexibility index (Phi) is 5.45. The van der Waals surface area contributed by atoms with E-state index in [1.54, 1.807) is 7.11 Å². The van der Waals surface area contributed by atoms with Crippen LogP contribution >= 0.6 is 0 Å². The molecule has 0 spiro atoms. The molecule has 110 valence electrons. The van der Waals surface area contributed by atoms with E-state index in [2.05, 4.69) is 12.1 Å². The molecule has 0 aromatic heterocycles. The van der Waals surface area contributed by atoms with Gasteiger partial charge in [0.05, 0.1) is 13.7 Å². The second-order valence-electron chi connectivity index (χ2n) is 5.44. The molecule has 0 heterocycles. The summed E-state index contributed by atoms with van der Waals surface area (Å²) in [4.78, 5) is 11.8. The molecule has 2 unspecified atom stereocenters. The van der Waals surface area contributed by atoms with E-state index in [9.17, 15) is 4.79 Å². The highest BCUT2D eigenvalue weighted by atomic mass is 16.5. The molecule has 0 aliphatic heterocycles. The molecule has 1 aromatic rings. The number of carbonyl (C=O) groups is 1. The van der Waals surface area contributed by atoms with Gasteiger partial charge in [-0.3, -0.25) is 4.79 Å². The zero-order valence-electron chi connectivity index (χ0n) is 12.4. The van der Waals surface area contributed by atoms with Crippen LogP contribution < -0.4 is 4.74 Å². The second-order valence-corrected chi connectivity index (χ2v) is 5.44.